The zero-order chi connectivity index (χ0) is 8.23. The van der Waals surface area contributed by atoms with E-state index in [2.05, 4.69) is 20.6 Å². The van der Waals surface area contributed by atoms with Gasteiger partial charge in [-0.25, -0.2) is 0 Å². The first-order valence-corrected chi connectivity index (χ1v) is 8.90. The van der Waals surface area contributed by atoms with Crippen LogP contribution in [0.1, 0.15) is 0 Å². The normalized spacial score (nSPS) is 10.3. The van der Waals surface area contributed by atoms with Gasteiger partial charge >= 0.3 is 79.5 Å². The summed E-state index contributed by atoms with van der Waals surface area (Å²) in [7, 11) is 0. The SMILES string of the molecule is c1cn([Se][Se]n2ccnn2)nn1. The van der Waals surface area contributed by atoms with Gasteiger partial charge in [0.05, 0.1) is 0 Å². The Balaban J connectivity index is 1.91. The van der Waals surface area contributed by atoms with E-state index in [0.29, 0.717) is 0 Å². The molecule has 2 rings (SSSR count). The number of hydrogen-bond acceptors (Lipinski definition) is 4. The molecule has 0 aliphatic rings. The van der Waals surface area contributed by atoms with Gasteiger partial charge in [0.15, 0.2) is 0 Å². The van der Waals surface area contributed by atoms with Crippen LogP contribution in [0.4, 0.5) is 0 Å². The van der Waals surface area contributed by atoms with Gasteiger partial charge in [-0.2, -0.15) is 0 Å². The Morgan fingerprint density at radius 1 is 0.833 bits per heavy atom. The summed E-state index contributed by atoms with van der Waals surface area (Å²) in [5, 5.41) is 15.2. The Labute approximate surface area is 79.6 Å². The van der Waals surface area contributed by atoms with Crippen LogP contribution in [0.5, 0.6) is 0 Å². The first kappa shape index (κ1) is 7.94. The van der Waals surface area contributed by atoms with Gasteiger partial charge in [0.1, 0.15) is 0 Å². The molecule has 12 heavy (non-hydrogen) atoms. The second kappa shape index (κ2) is 3.82. The van der Waals surface area contributed by atoms with Crippen molar-refractivity contribution in [3.63, 3.8) is 0 Å². The van der Waals surface area contributed by atoms with E-state index in [4.69, 9.17) is 0 Å². The third kappa shape index (κ3) is 1.92. The summed E-state index contributed by atoms with van der Waals surface area (Å²) in [5.41, 5.74) is 0. The van der Waals surface area contributed by atoms with Crippen LogP contribution in [0.3, 0.4) is 0 Å². The third-order valence-corrected chi connectivity index (χ3v) is 6.64. The van der Waals surface area contributed by atoms with E-state index in [0.717, 1.165) is 0 Å². The van der Waals surface area contributed by atoms with Gasteiger partial charge in [-0.15, -0.1) is 0 Å². The summed E-state index contributed by atoms with van der Waals surface area (Å²) in [5.74, 6) is 0. The molecule has 0 atom stereocenters. The Morgan fingerprint density at radius 3 is 1.67 bits per heavy atom. The second-order valence-corrected chi connectivity index (χ2v) is 7.21. The zero-order valence-electron chi connectivity index (χ0n) is 5.81. The van der Waals surface area contributed by atoms with Crippen LogP contribution in [0.15, 0.2) is 24.8 Å². The topological polar surface area (TPSA) is 61.4 Å². The Bertz CT molecular complexity index is 281. The van der Waals surface area contributed by atoms with Crippen LogP contribution in [-0.4, -0.2) is 54.7 Å². The van der Waals surface area contributed by atoms with Gasteiger partial charge < -0.3 is 0 Å². The summed E-state index contributed by atoms with van der Waals surface area (Å²) in [4.78, 5) is 0. The minimum atomic E-state index is 0.289. The quantitative estimate of drug-likeness (QED) is 0.641. The molecule has 0 aliphatic carbocycles. The molecule has 0 aromatic carbocycles. The van der Waals surface area contributed by atoms with Crippen molar-refractivity contribution in [2.75, 3.05) is 0 Å². The maximum absolute atomic E-state index is 3.86. The Hall–Kier alpha value is -0.681. The molecule has 0 saturated heterocycles. The van der Waals surface area contributed by atoms with Crippen LogP contribution in [0, 0.1) is 0 Å². The molecule has 0 amide bonds. The molecule has 6 nitrogen and oxygen atoms in total. The Kier molecular flexibility index (Phi) is 2.53. The molecule has 0 bridgehead atoms. The van der Waals surface area contributed by atoms with Crippen LogP contribution >= 0.6 is 0 Å². The van der Waals surface area contributed by atoms with E-state index >= 15 is 0 Å². The monoisotopic (exact) mass is 296 g/mol. The molecule has 0 saturated carbocycles. The fourth-order valence-corrected chi connectivity index (χ4v) is 4.79. The first-order valence-electron chi connectivity index (χ1n) is 3.03. The standard InChI is InChI=1S/C4H4N6Se2/c1-3-9(7-5-1)11-12-10-4-2-6-8-10/h1-4H. The number of rotatable bonds is 3. The van der Waals surface area contributed by atoms with Crippen molar-refractivity contribution < 1.29 is 0 Å². The minimum absolute atomic E-state index is 0.289. The first-order chi connectivity index (χ1) is 5.95. The molecule has 0 unspecified atom stereocenters. The van der Waals surface area contributed by atoms with Crippen molar-refractivity contribution in [2.45, 2.75) is 0 Å². The van der Waals surface area contributed by atoms with Gasteiger partial charge in [-0.05, 0) is 0 Å². The van der Waals surface area contributed by atoms with Gasteiger partial charge in [0.2, 0.25) is 0 Å². The zero-order valence-corrected chi connectivity index (χ0v) is 9.24. The van der Waals surface area contributed by atoms with Crippen molar-refractivity contribution in [1.82, 2.24) is 28.0 Å². The average molecular weight is 294 g/mol. The number of nitrogens with zero attached hydrogens (tertiary/aromatic N) is 6. The molecular formula is C4H4N6Se2. The maximum atomic E-state index is 3.86. The van der Waals surface area contributed by atoms with Gasteiger partial charge in [-0.1, -0.05) is 0 Å². The van der Waals surface area contributed by atoms with E-state index in [-0.39, 0.29) is 26.7 Å². The molecule has 62 valence electrons. The van der Waals surface area contributed by atoms with E-state index in [1.807, 2.05) is 19.8 Å². The third-order valence-electron chi connectivity index (χ3n) is 0.987. The summed E-state index contributed by atoms with van der Waals surface area (Å²) in [6, 6.07) is 0. The summed E-state index contributed by atoms with van der Waals surface area (Å²) in [6.07, 6.45) is 7.08. The molecule has 0 radical (unpaired) electrons. The van der Waals surface area contributed by atoms with Crippen molar-refractivity contribution in [2.24, 2.45) is 0 Å². The second-order valence-electron chi connectivity index (χ2n) is 1.76. The molecule has 2 heterocycles. The van der Waals surface area contributed by atoms with E-state index < -0.39 is 0 Å². The molecule has 0 aliphatic heterocycles. The van der Waals surface area contributed by atoms with Crippen molar-refractivity contribution >= 4 is 26.7 Å². The predicted octanol–water partition coefficient (Wildman–Crippen LogP) is -1.58. The van der Waals surface area contributed by atoms with E-state index in [1.165, 1.54) is 0 Å². The van der Waals surface area contributed by atoms with Gasteiger partial charge in [0.25, 0.3) is 0 Å². The van der Waals surface area contributed by atoms with E-state index in [1.54, 1.807) is 12.4 Å². The molecule has 2 aromatic heterocycles. The van der Waals surface area contributed by atoms with Crippen molar-refractivity contribution in [3.8, 4) is 0 Å². The number of hydrogen-bond donors (Lipinski definition) is 0. The van der Waals surface area contributed by atoms with Gasteiger partial charge in [0, 0.05) is 0 Å². The predicted molar refractivity (Wildman–Crippen MR) is 42.3 cm³/mol. The van der Waals surface area contributed by atoms with Crippen molar-refractivity contribution in [3.05, 3.63) is 24.8 Å². The van der Waals surface area contributed by atoms with Crippen molar-refractivity contribution in [1.29, 1.82) is 0 Å². The van der Waals surface area contributed by atoms with Crippen LogP contribution in [0.25, 0.3) is 0 Å². The van der Waals surface area contributed by atoms with Crippen LogP contribution < -0.4 is 0 Å². The molecule has 0 spiro atoms. The fraction of sp³-hybridized carbons (Fsp3) is 0. The summed E-state index contributed by atoms with van der Waals surface area (Å²) >= 11 is 0.578. The van der Waals surface area contributed by atoms with E-state index in [9.17, 15) is 0 Å². The summed E-state index contributed by atoms with van der Waals surface area (Å²) < 4.78 is 3.68. The molecular weight excluding hydrogens is 290 g/mol. The molecule has 0 N–H and O–H groups in total. The Morgan fingerprint density at radius 2 is 1.33 bits per heavy atom. The molecule has 8 heteroatoms. The van der Waals surface area contributed by atoms with Crippen LogP contribution in [-0.2, 0) is 0 Å². The molecule has 0 fully saturated rings. The van der Waals surface area contributed by atoms with Gasteiger partial charge in [-0.3, -0.25) is 0 Å². The summed E-state index contributed by atoms with van der Waals surface area (Å²) in [6.45, 7) is 0. The number of aromatic nitrogens is 6. The fourth-order valence-electron chi connectivity index (χ4n) is 0.543. The average Bonchev–Trinajstić information content (AvgIpc) is 2.74. The van der Waals surface area contributed by atoms with Crippen LogP contribution in [0.2, 0.25) is 0 Å². The molecule has 2 aromatic rings.